The van der Waals surface area contributed by atoms with E-state index in [1.807, 2.05) is 0 Å². The highest BCUT2D eigenvalue weighted by atomic mass is 32.2. The molecular weight excluding hydrogens is 234 g/mol. The van der Waals surface area contributed by atoms with Gasteiger partial charge in [0.05, 0.1) is 18.8 Å². The smallest absolute Gasteiger partial charge is 0.304 e. The van der Waals surface area contributed by atoms with Gasteiger partial charge in [-0.25, -0.2) is 13.1 Å². The van der Waals surface area contributed by atoms with Crippen molar-refractivity contribution in [1.82, 2.24) is 4.72 Å². The van der Waals surface area contributed by atoms with Crippen LogP contribution >= 0.6 is 0 Å². The second-order valence-corrected chi connectivity index (χ2v) is 5.21. The molecule has 0 bridgehead atoms. The van der Waals surface area contributed by atoms with Gasteiger partial charge in [0.1, 0.15) is 0 Å². The maximum absolute atomic E-state index is 11.5. The molecule has 0 aromatic carbocycles. The maximum Gasteiger partial charge on any atom is 0.304 e. The van der Waals surface area contributed by atoms with E-state index in [-0.39, 0.29) is 18.8 Å². The van der Waals surface area contributed by atoms with Crippen LogP contribution in [0.4, 0.5) is 0 Å². The van der Waals surface area contributed by atoms with Crippen LogP contribution in [0.3, 0.4) is 0 Å². The van der Waals surface area contributed by atoms with Crippen molar-refractivity contribution >= 4 is 16.0 Å². The zero-order chi connectivity index (χ0) is 12.6. The van der Waals surface area contributed by atoms with E-state index in [9.17, 15) is 13.2 Å². The van der Waals surface area contributed by atoms with Gasteiger partial charge in [0.15, 0.2) is 0 Å². The Morgan fingerprint density at radius 2 is 2.06 bits per heavy atom. The Morgan fingerprint density at radius 3 is 2.50 bits per heavy atom. The minimum absolute atomic E-state index is 0.120. The summed E-state index contributed by atoms with van der Waals surface area (Å²) >= 11 is 0. The lowest BCUT2D eigenvalue weighted by Gasteiger charge is -2.14. The summed E-state index contributed by atoms with van der Waals surface area (Å²) in [6.07, 6.45) is 0.241. The van der Waals surface area contributed by atoms with Crippen molar-refractivity contribution < 1.29 is 23.1 Å². The van der Waals surface area contributed by atoms with Gasteiger partial charge >= 0.3 is 5.97 Å². The van der Waals surface area contributed by atoms with Crippen molar-refractivity contribution in [2.45, 2.75) is 32.7 Å². The summed E-state index contributed by atoms with van der Waals surface area (Å²) in [5, 5.41) is 8.57. The zero-order valence-electron chi connectivity index (χ0n) is 9.60. The number of nitrogens with one attached hydrogen (secondary N) is 1. The first-order chi connectivity index (χ1) is 7.41. The first-order valence-corrected chi connectivity index (χ1v) is 6.86. The van der Waals surface area contributed by atoms with E-state index in [2.05, 4.69) is 4.72 Å². The van der Waals surface area contributed by atoms with Gasteiger partial charge < -0.3 is 9.84 Å². The first-order valence-electron chi connectivity index (χ1n) is 5.20. The van der Waals surface area contributed by atoms with Crippen molar-refractivity contribution in [1.29, 1.82) is 0 Å². The van der Waals surface area contributed by atoms with Crippen LogP contribution in [0.1, 0.15) is 26.7 Å². The third-order valence-electron chi connectivity index (χ3n) is 1.96. The van der Waals surface area contributed by atoms with Gasteiger partial charge in [-0.1, -0.05) is 6.92 Å². The third kappa shape index (κ3) is 7.61. The minimum atomic E-state index is -3.45. The van der Waals surface area contributed by atoms with Gasteiger partial charge in [0, 0.05) is 12.6 Å². The molecule has 0 aliphatic heterocycles. The number of rotatable bonds is 9. The van der Waals surface area contributed by atoms with Crippen molar-refractivity contribution in [2.75, 3.05) is 19.0 Å². The lowest BCUT2D eigenvalue weighted by atomic mass is 10.2. The van der Waals surface area contributed by atoms with E-state index in [0.29, 0.717) is 13.0 Å². The molecule has 0 aromatic heterocycles. The van der Waals surface area contributed by atoms with E-state index < -0.39 is 22.0 Å². The summed E-state index contributed by atoms with van der Waals surface area (Å²) in [6.45, 7) is 4.09. The number of sulfonamides is 1. The first kappa shape index (κ1) is 15.3. The highest BCUT2D eigenvalue weighted by Crippen LogP contribution is 2.00. The quantitative estimate of drug-likeness (QED) is 0.572. The summed E-state index contributed by atoms with van der Waals surface area (Å²) in [6, 6.07) is -0.552. The molecule has 0 aliphatic carbocycles. The van der Waals surface area contributed by atoms with Crippen molar-refractivity contribution in [3.05, 3.63) is 0 Å². The number of hydrogen-bond donors (Lipinski definition) is 2. The number of carbonyl (C=O) groups is 1. The molecule has 0 radical (unpaired) electrons. The molecule has 96 valence electrons. The van der Waals surface area contributed by atoms with Gasteiger partial charge in [0.25, 0.3) is 0 Å². The Bertz CT molecular complexity index is 301. The van der Waals surface area contributed by atoms with Crippen LogP contribution in [-0.2, 0) is 19.6 Å². The standard InChI is InChI=1S/C9H19NO5S/c1-3-8(7-9(11)12)10-16(13,14)6-5-15-4-2/h8,10H,3-7H2,1-2H3,(H,11,12). The predicted molar refractivity (Wildman–Crippen MR) is 59.7 cm³/mol. The fourth-order valence-corrected chi connectivity index (χ4v) is 2.32. The van der Waals surface area contributed by atoms with Crippen LogP contribution in [0.15, 0.2) is 0 Å². The Hall–Kier alpha value is -0.660. The molecule has 0 amide bonds. The topological polar surface area (TPSA) is 92.7 Å². The molecule has 0 spiro atoms. The van der Waals surface area contributed by atoms with Crippen molar-refractivity contribution in [3.63, 3.8) is 0 Å². The molecule has 0 rings (SSSR count). The summed E-state index contributed by atoms with van der Waals surface area (Å²) in [5.74, 6) is -1.16. The molecule has 16 heavy (non-hydrogen) atoms. The number of hydrogen-bond acceptors (Lipinski definition) is 4. The van der Waals surface area contributed by atoms with Crippen LogP contribution < -0.4 is 4.72 Å². The highest BCUT2D eigenvalue weighted by Gasteiger charge is 2.18. The van der Waals surface area contributed by atoms with Gasteiger partial charge in [-0.15, -0.1) is 0 Å². The minimum Gasteiger partial charge on any atom is -0.481 e. The molecule has 0 aliphatic rings. The fourth-order valence-electron chi connectivity index (χ4n) is 1.11. The zero-order valence-corrected chi connectivity index (χ0v) is 10.4. The summed E-state index contributed by atoms with van der Waals surface area (Å²) in [7, 11) is -3.45. The van der Waals surface area contributed by atoms with E-state index in [0.717, 1.165) is 0 Å². The second-order valence-electron chi connectivity index (χ2n) is 3.34. The van der Waals surface area contributed by atoms with Crippen LogP contribution in [0.2, 0.25) is 0 Å². The molecule has 1 atom stereocenters. The Morgan fingerprint density at radius 1 is 1.44 bits per heavy atom. The molecular formula is C9H19NO5S. The van der Waals surface area contributed by atoms with E-state index in [4.69, 9.17) is 9.84 Å². The van der Waals surface area contributed by atoms with Crippen LogP contribution in [0.5, 0.6) is 0 Å². The average Bonchev–Trinajstić information content (AvgIpc) is 2.15. The molecule has 0 saturated carbocycles. The third-order valence-corrected chi connectivity index (χ3v) is 3.36. The number of aliphatic carboxylic acids is 1. The fraction of sp³-hybridized carbons (Fsp3) is 0.889. The van der Waals surface area contributed by atoms with Crippen LogP contribution in [0.25, 0.3) is 0 Å². The summed E-state index contributed by atoms with van der Waals surface area (Å²) in [4.78, 5) is 10.5. The normalized spacial score (nSPS) is 13.6. The lowest BCUT2D eigenvalue weighted by molar-refractivity contribution is -0.137. The predicted octanol–water partition coefficient (Wildman–Crippen LogP) is 0.196. The van der Waals surface area contributed by atoms with Gasteiger partial charge in [-0.2, -0.15) is 0 Å². The molecule has 0 heterocycles. The molecule has 7 heteroatoms. The Balaban J connectivity index is 4.15. The van der Waals surface area contributed by atoms with E-state index in [1.54, 1.807) is 13.8 Å². The van der Waals surface area contributed by atoms with Crippen molar-refractivity contribution in [2.24, 2.45) is 0 Å². The van der Waals surface area contributed by atoms with Crippen LogP contribution in [-0.4, -0.2) is 44.5 Å². The number of carboxylic acids is 1. The average molecular weight is 253 g/mol. The molecule has 0 saturated heterocycles. The monoisotopic (exact) mass is 253 g/mol. The van der Waals surface area contributed by atoms with E-state index >= 15 is 0 Å². The molecule has 2 N–H and O–H groups in total. The summed E-state index contributed by atoms with van der Waals surface area (Å²) in [5.41, 5.74) is 0. The highest BCUT2D eigenvalue weighted by molar-refractivity contribution is 7.89. The van der Waals surface area contributed by atoms with Gasteiger partial charge in [0.2, 0.25) is 10.0 Å². The maximum atomic E-state index is 11.5. The molecule has 1 unspecified atom stereocenters. The summed E-state index contributed by atoms with van der Waals surface area (Å²) < 4.78 is 30.2. The lowest BCUT2D eigenvalue weighted by Crippen LogP contribution is -2.38. The Kier molecular flexibility index (Phi) is 7.27. The Labute approximate surface area is 96.0 Å². The second kappa shape index (κ2) is 7.59. The van der Waals surface area contributed by atoms with Gasteiger partial charge in [-0.05, 0) is 13.3 Å². The molecule has 0 aromatic rings. The largest absolute Gasteiger partial charge is 0.481 e. The number of ether oxygens (including phenoxy) is 1. The molecule has 6 nitrogen and oxygen atoms in total. The van der Waals surface area contributed by atoms with E-state index in [1.165, 1.54) is 0 Å². The molecule has 0 fully saturated rings. The SMILES string of the molecule is CCOCCS(=O)(=O)NC(CC)CC(=O)O. The van der Waals surface area contributed by atoms with Gasteiger partial charge in [-0.3, -0.25) is 4.79 Å². The van der Waals surface area contributed by atoms with Crippen LogP contribution in [0, 0.1) is 0 Å². The van der Waals surface area contributed by atoms with Crippen molar-refractivity contribution in [3.8, 4) is 0 Å². The number of carboxylic acid groups (broad SMARTS) is 1.